The Bertz CT molecular complexity index is 525. The predicted molar refractivity (Wildman–Crippen MR) is 69.8 cm³/mol. The summed E-state index contributed by atoms with van der Waals surface area (Å²) < 4.78 is 13.6. The van der Waals surface area contributed by atoms with Gasteiger partial charge in [-0.15, -0.1) is 0 Å². The van der Waals surface area contributed by atoms with Gasteiger partial charge in [0.05, 0.1) is 5.69 Å². The fraction of sp³-hybridized carbons (Fsp3) is 0.231. The summed E-state index contributed by atoms with van der Waals surface area (Å²) in [6, 6.07) is 7.62. The van der Waals surface area contributed by atoms with Gasteiger partial charge in [0.25, 0.3) is 0 Å². The molecule has 0 bridgehead atoms. The van der Waals surface area contributed by atoms with Crippen LogP contribution in [0.1, 0.15) is 11.3 Å². The van der Waals surface area contributed by atoms with Crippen LogP contribution in [0.2, 0.25) is 0 Å². The van der Waals surface area contributed by atoms with Crippen LogP contribution in [0.15, 0.2) is 30.6 Å². The van der Waals surface area contributed by atoms with E-state index in [4.69, 9.17) is 5.73 Å². The number of anilines is 2. The summed E-state index contributed by atoms with van der Waals surface area (Å²) in [6.07, 6.45) is 2.13. The van der Waals surface area contributed by atoms with Crippen molar-refractivity contribution >= 4 is 11.5 Å². The average Bonchev–Trinajstić information content (AvgIpc) is 2.37. The molecule has 0 unspecified atom stereocenters. The molecule has 0 amide bonds. The number of nitrogens with two attached hydrogens (primary N) is 1. The molecule has 1 aromatic carbocycles. The van der Waals surface area contributed by atoms with E-state index in [-0.39, 0.29) is 5.82 Å². The molecular formula is C13H15FN4. The minimum Gasteiger partial charge on any atom is -0.399 e. The van der Waals surface area contributed by atoms with Gasteiger partial charge in [-0.05, 0) is 31.0 Å². The first-order valence-corrected chi connectivity index (χ1v) is 5.72. The Morgan fingerprint density at radius 1 is 1.22 bits per heavy atom. The summed E-state index contributed by atoms with van der Waals surface area (Å²) >= 11 is 0. The van der Waals surface area contributed by atoms with E-state index < -0.39 is 5.82 Å². The fourth-order valence-corrected chi connectivity index (χ4v) is 1.59. The molecule has 0 saturated carbocycles. The molecule has 0 saturated heterocycles. The van der Waals surface area contributed by atoms with Crippen molar-refractivity contribution in [3.8, 4) is 0 Å². The van der Waals surface area contributed by atoms with Crippen LogP contribution in [0.25, 0.3) is 0 Å². The maximum atomic E-state index is 13.6. The fourth-order valence-electron chi connectivity index (χ4n) is 1.59. The quantitative estimate of drug-likeness (QED) is 0.811. The van der Waals surface area contributed by atoms with Crippen LogP contribution in [0.3, 0.4) is 0 Å². The largest absolute Gasteiger partial charge is 0.399 e. The molecule has 4 nitrogen and oxygen atoms in total. The van der Waals surface area contributed by atoms with Gasteiger partial charge in [0.2, 0.25) is 0 Å². The van der Waals surface area contributed by atoms with Crippen molar-refractivity contribution in [2.75, 3.05) is 17.6 Å². The van der Waals surface area contributed by atoms with Crippen LogP contribution >= 0.6 is 0 Å². The Labute approximate surface area is 105 Å². The SMILES string of the molecule is Cc1ncnc(NCCc2ccc(N)cc2)c1F. The van der Waals surface area contributed by atoms with Crippen LogP contribution in [0.4, 0.5) is 15.9 Å². The Morgan fingerprint density at radius 3 is 2.67 bits per heavy atom. The molecule has 0 aliphatic rings. The van der Waals surface area contributed by atoms with Crippen molar-refractivity contribution < 1.29 is 4.39 Å². The normalized spacial score (nSPS) is 10.3. The first kappa shape index (κ1) is 12.3. The number of aryl methyl sites for hydroxylation is 1. The monoisotopic (exact) mass is 246 g/mol. The molecule has 3 N–H and O–H groups in total. The number of nitrogen functional groups attached to an aromatic ring is 1. The van der Waals surface area contributed by atoms with Gasteiger partial charge in [-0.25, -0.2) is 14.4 Å². The van der Waals surface area contributed by atoms with Gasteiger partial charge in [0, 0.05) is 12.2 Å². The van der Waals surface area contributed by atoms with Crippen LogP contribution in [-0.4, -0.2) is 16.5 Å². The second-order valence-electron chi connectivity index (χ2n) is 4.04. The van der Waals surface area contributed by atoms with E-state index in [1.54, 1.807) is 6.92 Å². The average molecular weight is 246 g/mol. The first-order chi connectivity index (χ1) is 8.66. The van der Waals surface area contributed by atoms with Crippen molar-refractivity contribution in [1.29, 1.82) is 0 Å². The molecule has 0 radical (unpaired) electrons. The van der Waals surface area contributed by atoms with Gasteiger partial charge < -0.3 is 11.1 Å². The van der Waals surface area contributed by atoms with E-state index in [1.165, 1.54) is 6.33 Å². The molecule has 0 fully saturated rings. The molecule has 0 atom stereocenters. The van der Waals surface area contributed by atoms with E-state index in [9.17, 15) is 4.39 Å². The number of hydrogen-bond acceptors (Lipinski definition) is 4. The van der Waals surface area contributed by atoms with Crippen LogP contribution in [0, 0.1) is 12.7 Å². The summed E-state index contributed by atoms with van der Waals surface area (Å²) in [6.45, 7) is 2.22. The van der Waals surface area contributed by atoms with E-state index in [2.05, 4.69) is 15.3 Å². The Kier molecular flexibility index (Phi) is 3.72. The number of nitrogens with one attached hydrogen (secondary N) is 1. The van der Waals surface area contributed by atoms with Crippen LogP contribution < -0.4 is 11.1 Å². The number of benzene rings is 1. The van der Waals surface area contributed by atoms with E-state index in [0.29, 0.717) is 12.2 Å². The number of hydrogen-bond donors (Lipinski definition) is 2. The first-order valence-electron chi connectivity index (χ1n) is 5.72. The van der Waals surface area contributed by atoms with Gasteiger partial charge in [-0.1, -0.05) is 12.1 Å². The molecular weight excluding hydrogens is 231 g/mol. The molecule has 2 rings (SSSR count). The summed E-state index contributed by atoms with van der Waals surface area (Å²) in [5.74, 6) is -0.146. The van der Waals surface area contributed by atoms with Crippen molar-refractivity contribution in [3.05, 3.63) is 47.7 Å². The van der Waals surface area contributed by atoms with Gasteiger partial charge in [0.1, 0.15) is 6.33 Å². The maximum absolute atomic E-state index is 13.6. The molecule has 18 heavy (non-hydrogen) atoms. The van der Waals surface area contributed by atoms with E-state index in [0.717, 1.165) is 17.7 Å². The second kappa shape index (κ2) is 5.44. The number of rotatable bonds is 4. The lowest BCUT2D eigenvalue weighted by Crippen LogP contribution is -2.09. The summed E-state index contributed by atoms with van der Waals surface area (Å²) in [7, 11) is 0. The maximum Gasteiger partial charge on any atom is 0.186 e. The lowest BCUT2D eigenvalue weighted by molar-refractivity contribution is 0.604. The lowest BCUT2D eigenvalue weighted by Gasteiger charge is -2.07. The van der Waals surface area contributed by atoms with Crippen molar-refractivity contribution in [2.24, 2.45) is 0 Å². The minimum absolute atomic E-state index is 0.248. The molecule has 94 valence electrons. The Morgan fingerprint density at radius 2 is 1.94 bits per heavy atom. The van der Waals surface area contributed by atoms with Gasteiger partial charge in [-0.2, -0.15) is 0 Å². The topological polar surface area (TPSA) is 63.8 Å². The Hall–Kier alpha value is -2.17. The van der Waals surface area contributed by atoms with Crippen LogP contribution in [0.5, 0.6) is 0 Å². The summed E-state index contributed by atoms with van der Waals surface area (Å²) in [5, 5.41) is 2.96. The third-order valence-electron chi connectivity index (χ3n) is 2.65. The van der Waals surface area contributed by atoms with Crippen molar-refractivity contribution in [3.63, 3.8) is 0 Å². The number of aromatic nitrogens is 2. The number of halogens is 1. The van der Waals surface area contributed by atoms with Crippen LogP contribution in [-0.2, 0) is 6.42 Å². The van der Waals surface area contributed by atoms with E-state index in [1.807, 2.05) is 24.3 Å². The molecule has 1 heterocycles. The molecule has 1 aromatic heterocycles. The standard InChI is InChI=1S/C13H15FN4/c1-9-12(14)13(18-8-17-9)16-7-6-10-2-4-11(15)5-3-10/h2-5,8H,6-7,15H2,1H3,(H,16,17,18). The zero-order chi connectivity index (χ0) is 13.0. The van der Waals surface area contributed by atoms with Crippen molar-refractivity contribution in [2.45, 2.75) is 13.3 Å². The van der Waals surface area contributed by atoms with E-state index >= 15 is 0 Å². The van der Waals surface area contributed by atoms with Gasteiger partial charge in [0.15, 0.2) is 11.6 Å². The number of nitrogens with zero attached hydrogens (tertiary/aromatic N) is 2. The van der Waals surface area contributed by atoms with Gasteiger partial charge in [-0.3, -0.25) is 0 Å². The smallest absolute Gasteiger partial charge is 0.186 e. The molecule has 0 aliphatic carbocycles. The highest BCUT2D eigenvalue weighted by Gasteiger charge is 2.06. The summed E-state index contributed by atoms with van der Waals surface area (Å²) in [4.78, 5) is 7.64. The van der Waals surface area contributed by atoms with Gasteiger partial charge >= 0.3 is 0 Å². The zero-order valence-corrected chi connectivity index (χ0v) is 10.2. The zero-order valence-electron chi connectivity index (χ0n) is 10.2. The molecule has 0 aliphatic heterocycles. The highest BCUT2D eigenvalue weighted by molar-refractivity contribution is 5.40. The highest BCUT2D eigenvalue weighted by Crippen LogP contribution is 2.12. The minimum atomic E-state index is -0.394. The molecule has 2 aromatic rings. The second-order valence-corrected chi connectivity index (χ2v) is 4.04. The lowest BCUT2D eigenvalue weighted by atomic mass is 10.1. The Balaban J connectivity index is 1.92. The third-order valence-corrected chi connectivity index (χ3v) is 2.65. The predicted octanol–water partition coefficient (Wildman–Crippen LogP) is 2.16. The molecule has 5 heteroatoms. The third kappa shape index (κ3) is 2.94. The highest BCUT2D eigenvalue weighted by atomic mass is 19.1. The molecule has 0 spiro atoms. The van der Waals surface area contributed by atoms with Crippen molar-refractivity contribution in [1.82, 2.24) is 9.97 Å². The summed E-state index contributed by atoms with van der Waals surface area (Å²) in [5.41, 5.74) is 7.83.